The lowest BCUT2D eigenvalue weighted by Crippen LogP contribution is -2.61. The van der Waals surface area contributed by atoms with Crippen LogP contribution in [0.2, 0.25) is 0 Å². The van der Waals surface area contributed by atoms with Gasteiger partial charge in [-0.15, -0.1) is 13.2 Å². The van der Waals surface area contributed by atoms with Gasteiger partial charge in [-0.05, 0) is 92.6 Å². The van der Waals surface area contributed by atoms with E-state index in [9.17, 15) is 14.4 Å². The van der Waals surface area contributed by atoms with Crippen molar-refractivity contribution in [3.05, 3.63) is 97.1 Å². The predicted octanol–water partition coefficient (Wildman–Crippen LogP) is 7.84. The topological polar surface area (TPSA) is 99.8 Å². The average Bonchev–Trinajstić information content (AvgIpc) is 3.14. The van der Waals surface area contributed by atoms with Crippen LogP contribution in [-0.2, 0) is 14.3 Å². The molecule has 3 N–H and O–H groups in total. The molecule has 2 amide bonds. The van der Waals surface area contributed by atoms with Crippen molar-refractivity contribution in [3.63, 3.8) is 0 Å². The van der Waals surface area contributed by atoms with Gasteiger partial charge in [0.25, 0.3) is 5.91 Å². The van der Waals surface area contributed by atoms with Crippen molar-refractivity contribution >= 4 is 41.1 Å². The predicted molar refractivity (Wildman–Crippen MR) is 206 cm³/mol. The van der Waals surface area contributed by atoms with E-state index in [0.29, 0.717) is 69.4 Å². The highest BCUT2D eigenvalue weighted by atomic mass is 16.5. The average molecular weight is 671 g/mol. The minimum Gasteiger partial charge on any atom is -0.376 e. The maximum Gasteiger partial charge on any atom is 0.252 e. The van der Waals surface area contributed by atoms with Crippen molar-refractivity contribution in [1.82, 2.24) is 10.6 Å². The number of allylic oxidation sites excluding steroid dienone is 2. The molecule has 8 heteroatoms. The summed E-state index contributed by atoms with van der Waals surface area (Å²) in [5, 5.41) is 9.46. The van der Waals surface area contributed by atoms with Crippen LogP contribution in [0.5, 0.6) is 0 Å². The van der Waals surface area contributed by atoms with E-state index < -0.39 is 5.54 Å². The van der Waals surface area contributed by atoms with Crippen LogP contribution in [0.3, 0.4) is 0 Å². The molecule has 0 aromatic heterocycles. The molecule has 1 fully saturated rings. The molecule has 8 nitrogen and oxygen atoms in total. The Bertz CT molecular complexity index is 1390. The number of hydrogen-bond acceptors (Lipinski definition) is 6. The minimum absolute atomic E-state index is 0.258. The molecule has 1 aliphatic rings. The van der Waals surface area contributed by atoms with Gasteiger partial charge in [0.2, 0.25) is 5.91 Å². The van der Waals surface area contributed by atoms with Gasteiger partial charge in [-0.2, -0.15) is 0 Å². The summed E-state index contributed by atoms with van der Waals surface area (Å²) in [5.74, 6) is -0.235. The Hall–Kier alpha value is -4.27. The van der Waals surface area contributed by atoms with Crippen LogP contribution in [0.1, 0.15) is 87.7 Å². The Kier molecular flexibility index (Phi) is 18.7. The maximum absolute atomic E-state index is 14.0. The lowest BCUT2D eigenvalue weighted by Gasteiger charge is -2.37. The summed E-state index contributed by atoms with van der Waals surface area (Å²) in [4.78, 5) is 40.8. The summed E-state index contributed by atoms with van der Waals surface area (Å²) in [5.41, 5.74) is 3.86. The van der Waals surface area contributed by atoms with E-state index >= 15 is 0 Å². The van der Waals surface area contributed by atoms with Crippen molar-refractivity contribution in [1.29, 1.82) is 0 Å². The van der Waals surface area contributed by atoms with Crippen molar-refractivity contribution in [2.75, 3.05) is 49.6 Å². The number of carbonyl (C=O) groups is 3. The van der Waals surface area contributed by atoms with Crippen molar-refractivity contribution in [2.45, 2.75) is 71.8 Å². The quantitative estimate of drug-likeness (QED) is 0.0575. The lowest BCUT2D eigenvalue weighted by molar-refractivity contribution is -0.123. The van der Waals surface area contributed by atoms with Gasteiger partial charge in [0.05, 0.1) is 13.2 Å². The number of benzene rings is 2. The molecule has 1 saturated heterocycles. The highest BCUT2D eigenvalue weighted by Gasteiger charge is 2.41. The number of hydrogen-bond donors (Lipinski definition) is 3. The molecule has 1 atom stereocenters. The maximum atomic E-state index is 14.0. The summed E-state index contributed by atoms with van der Waals surface area (Å²) in [7, 11) is 0. The normalized spacial score (nSPS) is 14.1. The number of nitrogens with one attached hydrogen (secondary N) is 3. The van der Waals surface area contributed by atoms with Crippen LogP contribution in [0.15, 0.2) is 80.4 Å². The molecule has 0 aliphatic carbocycles. The molecule has 1 aliphatic heterocycles. The molecular formula is C41H58N4O4. The number of nitrogens with zero attached hydrogens (tertiary/aromatic N) is 1. The Labute approximate surface area is 294 Å². The van der Waals surface area contributed by atoms with Gasteiger partial charge in [-0.25, -0.2) is 0 Å². The number of amides is 2. The Morgan fingerprint density at radius 2 is 1.76 bits per heavy atom. The molecule has 266 valence electrons. The van der Waals surface area contributed by atoms with E-state index in [2.05, 4.69) is 54.4 Å². The second-order valence-electron chi connectivity index (χ2n) is 11.9. The van der Waals surface area contributed by atoms with Gasteiger partial charge in [0.1, 0.15) is 11.8 Å². The number of aldehydes is 1. The first-order chi connectivity index (χ1) is 23.8. The minimum atomic E-state index is -1.09. The summed E-state index contributed by atoms with van der Waals surface area (Å²) in [6.45, 7) is 24.1. The van der Waals surface area contributed by atoms with E-state index in [4.69, 9.17) is 4.74 Å². The molecule has 2 aromatic carbocycles. The van der Waals surface area contributed by atoms with Crippen LogP contribution < -0.4 is 20.9 Å². The molecule has 2 aromatic rings. The number of ether oxygens (including phenoxy) is 1. The third-order valence-corrected chi connectivity index (χ3v) is 8.69. The van der Waals surface area contributed by atoms with Gasteiger partial charge in [0, 0.05) is 35.6 Å². The Morgan fingerprint density at radius 3 is 2.37 bits per heavy atom. The van der Waals surface area contributed by atoms with Crippen LogP contribution in [0.25, 0.3) is 11.6 Å². The summed E-state index contributed by atoms with van der Waals surface area (Å²) in [6.07, 6.45) is 12.2. The number of anilines is 2. The molecule has 0 bridgehead atoms. The fourth-order valence-electron chi connectivity index (χ4n) is 5.97. The van der Waals surface area contributed by atoms with Gasteiger partial charge in [-0.1, -0.05) is 77.1 Å². The number of piperidine rings is 1. The zero-order valence-electron chi connectivity index (χ0n) is 30.2. The first kappa shape index (κ1) is 40.9. The van der Waals surface area contributed by atoms with Gasteiger partial charge < -0.3 is 25.6 Å². The standard InChI is InChI=1S/C39H52N4O4.C2H6/c1-6-10-24-43(25-28-47-27-8-3)36-29-33(16-19-35(36)30(5)32(9-4)12-7-2)37(45)42-39(20-22-40-23-21-39)38(46)41-34-17-14-31(15-18-34)13-11-26-44;1-2/h6,8,11,13-19,26,29,32,40H,1,3,5,7,9-10,12,20-25,27-28H2,2,4H3,(H,41,46)(H,42,45);1-2H3/b13-11+;. The van der Waals surface area contributed by atoms with E-state index in [1.54, 1.807) is 24.3 Å². The fourth-order valence-corrected chi connectivity index (χ4v) is 5.97. The zero-order chi connectivity index (χ0) is 36.1. The lowest BCUT2D eigenvalue weighted by atomic mass is 9.85. The fraction of sp³-hybridized carbons (Fsp3) is 0.439. The molecule has 3 rings (SSSR count). The van der Waals surface area contributed by atoms with Crippen LogP contribution in [-0.4, -0.2) is 63.0 Å². The van der Waals surface area contributed by atoms with E-state index in [-0.39, 0.29) is 11.8 Å². The van der Waals surface area contributed by atoms with E-state index in [0.717, 1.165) is 54.4 Å². The van der Waals surface area contributed by atoms with Crippen LogP contribution in [0, 0.1) is 5.92 Å². The van der Waals surface area contributed by atoms with Gasteiger partial charge in [0.15, 0.2) is 0 Å². The molecule has 49 heavy (non-hydrogen) atoms. The molecule has 1 unspecified atom stereocenters. The molecule has 0 radical (unpaired) electrons. The Morgan fingerprint density at radius 1 is 1.04 bits per heavy atom. The van der Waals surface area contributed by atoms with Crippen molar-refractivity contribution < 1.29 is 19.1 Å². The Balaban J connectivity index is 0.00000409. The zero-order valence-corrected chi connectivity index (χ0v) is 30.2. The van der Waals surface area contributed by atoms with Crippen LogP contribution in [0.4, 0.5) is 11.4 Å². The largest absolute Gasteiger partial charge is 0.376 e. The van der Waals surface area contributed by atoms with E-state index in [1.807, 2.05) is 50.3 Å². The first-order valence-electron chi connectivity index (χ1n) is 17.8. The molecule has 0 spiro atoms. The number of rotatable bonds is 20. The van der Waals surface area contributed by atoms with Crippen molar-refractivity contribution in [2.24, 2.45) is 5.92 Å². The third-order valence-electron chi connectivity index (χ3n) is 8.69. The number of carbonyl (C=O) groups excluding carboxylic acids is 3. The summed E-state index contributed by atoms with van der Waals surface area (Å²) < 4.78 is 5.76. The van der Waals surface area contributed by atoms with Gasteiger partial charge in [-0.3, -0.25) is 14.4 Å². The smallest absolute Gasteiger partial charge is 0.252 e. The third kappa shape index (κ3) is 12.3. The first-order valence-corrected chi connectivity index (χ1v) is 17.8. The second-order valence-corrected chi connectivity index (χ2v) is 11.9. The highest BCUT2D eigenvalue weighted by molar-refractivity contribution is 6.04. The van der Waals surface area contributed by atoms with Crippen molar-refractivity contribution in [3.8, 4) is 0 Å². The SMILES string of the molecule is C=CCCN(CCOCC=C)c1cc(C(=O)NC2(C(=O)Nc3ccc(/C=C/C=O)cc3)CCNCC2)ccc1C(=C)C(CC)CCC.CC. The van der Waals surface area contributed by atoms with E-state index in [1.165, 1.54) is 6.08 Å². The van der Waals surface area contributed by atoms with Gasteiger partial charge >= 0.3 is 0 Å². The molecular weight excluding hydrogens is 612 g/mol. The molecule has 0 saturated carbocycles. The highest BCUT2D eigenvalue weighted by Crippen LogP contribution is 2.36. The summed E-state index contributed by atoms with van der Waals surface area (Å²) >= 11 is 0. The molecule has 1 heterocycles. The van der Waals surface area contributed by atoms with Crippen LogP contribution >= 0.6 is 0 Å². The monoisotopic (exact) mass is 670 g/mol. The summed E-state index contributed by atoms with van der Waals surface area (Å²) in [6, 6.07) is 13.0. The second kappa shape index (κ2) is 22.4.